The number of carboxylic acid groups (broad SMARTS) is 1. The van der Waals surface area contributed by atoms with Gasteiger partial charge in [-0.2, -0.15) is 13.2 Å². The quantitative estimate of drug-likeness (QED) is 0.545. The minimum absolute atomic E-state index is 0.0852. The molecule has 1 aromatic carbocycles. The van der Waals surface area contributed by atoms with Crippen LogP contribution in [0.1, 0.15) is 38.2 Å². The van der Waals surface area contributed by atoms with E-state index >= 15 is 0 Å². The van der Waals surface area contributed by atoms with Gasteiger partial charge in [-0.3, -0.25) is 9.78 Å². The molecule has 3 N–H and O–H groups in total. The number of piperidine rings is 1. The third-order valence-electron chi connectivity index (χ3n) is 6.29. The number of anilines is 2. The van der Waals surface area contributed by atoms with Gasteiger partial charge in [0.05, 0.1) is 17.5 Å². The maximum Gasteiger partial charge on any atom is 0.490 e. The number of urea groups is 1. The van der Waals surface area contributed by atoms with E-state index in [1.54, 1.807) is 18.5 Å². The van der Waals surface area contributed by atoms with Crippen molar-refractivity contribution in [3.05, 3.63) is 54.4 Å². The highest BCUT2D eigenvalue weighted by Gasteiger charge is 2.45. The third-order valence-corrected chi connectivity index (χ3v) is 6.29. The van der Waals surface area contributed by atoms with Crippen LogP contribution in [0.15, 0.2) is 48.8 Å². The molecule has 1 spiro atoms. The molecule has 0 bridgehead atoms. The fourth-order valence-corrected chi connectivity index (χ4v) is 4.17. The molecule has 9 nitrogen and oxygen atoms in total. The van der Waals surface area contributed by atoms with E-state index in [0.29, 0.717) is 25.2 Å². The Hall–Kier alpha value is -3.67. The minimum Gasteiger partial charge on any atom is -0.475 e. The first-order chi connectivity index (χ1) is 17.5. The van der Waals surface area contributed by atoms with E-state index in [2.05, 4.69) is 22.5 Å². The summed E-state index contributed by atoms with van der Waals surface area (Å²) in [6, 6.07) is 11.4. The monoisotopic (exact) mass is 522 g/mol. The van der Waals surface area contributed by atoms with E-state index in [0.717, 1.165) is 31.4 Å². The van der Waals surface area contributed by atoms with Crippen molar-refractivity contribution < 1.29 is 37.4 Å². The maximum atomic E-state index is 12.6. The highest BCUT2D eigenvalue weighted by molar-refractivity contribution is 5.94. The lowest BCUT2D eigenvalue weighted by Gasteiger charge is -2.39. The second-order valence-corrected chi connectivity index (χ2v) is 8.83. The molecule has 0 saturated carbocycles. The van der Waals surface area contributed by atoms with Crippen LogP contribution in [0.25, 0.3) is 0 Å². The van der Waals surface area contributed by atoms with Crippen molar-refractivity contribution in [2.24, 2.45) is 0 Å². The van der Waals surface area contributed by atoms with Gasteiger partial charge in [-0.1, -0.05) is 19.1 Å². The number of amides is 3. The molecule has 3 amide bonds. The van der Waals surface area contributed by atoms with Crippen molar-refractivity contribution in [2.45, 2.75) is 56.9 Å². The molecule has 2 fully saturated rings. The molecule has 12 heteroatoms. The van der Waals surface area contributed by atoms with Crippen molar-refractivity contribution in [2.75, 3.05) is 23.7 Å². The minimum atomic E-state index is -5.08. The number of aliphatic carboxylic acids is 1. The van der Waals surface area contributed by atoms with Crippen LogP contribution in [-0.2, 0) is 20.7 Å². The number of nitrogens with one attached hydrogen (secondary N) is 2. The van der Waals surface area contributed by atoms with Crippen molar-refractivity contribution in [3.8, 4) is 0 Å². The van der Waals surface area contributed by atoms with Crippen LogP contribution < -0.4 is 10.6 Å². The Labute approximate surface area is 212 Å². The van der Waals surface area contributed by atoms with Gasteiger partial charge in [-0.25, -0.2) is 9.59 Å². The molecule has 4 rings (SSSR count). The van der Waals surface area contributed by atoms with Crippen molar-refractivity contribution in [3.63, 3.8) is 0 Å². The number of benzene rings is 1. The second-order valence-electron chi connectivity index (χ2n) is 8.83. The average Bonchev–Trinajstić information content (AvgIpc) is 3.29. The van der Waals surface area contributed by atoms with E-state index in [-0.39, 0.29) is 17.5 Å². The summed E-state index contributed by atoms with van der Waals surface area (Å²) < 4.78 is 37.9. The number of ether oxygens (including phenoxy) is 1. The second kappa shape index (κ2) is 12.0. The number of aromatic nitrogens is 1. The van der Waals surface area contributed by atoms with Gasteiger partial charge < -0.3 is 25.4 Å². The van der Waals surface area contributed by atoms with Crippen LogP contribution >= 0.6 is 0 Å². The van der Waals surface area contributed by atoms with Crippen LogP contribution in [-0.4, -0.2) is 63.9 Å². The summed E-state index contributed by atoms with van der Waals surface area (Å²) in [6.45, 7) is 3.35. The smallest absolute Gasteiger partial charge is 0.475 e. The Bertz CT molecular complexity index is 1070. The van der Waals surface area contributed by atoms with Gasteiger partial charge >= 0.3 is 18.2 Å². The highest BCUT2D eigenvalue weighted by atomic mass is 19.4. The summed E-state index contributed by atoms with van der Waals surface area (Å²) in [6.07, 6.45) is 1.74. The molecule has 1 atom stereocenters. The van der Waals surface area contributed by atoms with Gasteiger partial charge in [-0.05, 0) is 61.9 Å². The Morgan fingerprint density at radius 2 is 1.73 bits per heavy atom. The number of hydrogen-bond acceptors (Lipinski definition) is 5. The summed E-state index contributed by atoms with van der Waals surface area (Å²) >= 11 is 0. The number of carbonyl (C=O) groups excluding carboxylic acids is 2. The fraction of sp³-hybridized carbons (Fsp3) is 0.440. The number of carbonyl (C=O) groups is 3. The Morgan fingerprint density at radius 1 is 1.08 bits per heavy atom. The summed E-state index contributed by atoms with van der Waals surface area (Å²) in [5.74, 6) is -2.89. The lowest BCUT2D eigenvalue weighted by Crippen LogP contribution is -2.48. The van der Waals surface area contributed by atoms with Gasteiger partial charge in [0, 0.05) is 25.0 Å². The molecular formula is C25H29F3N4O5. The van der Waals surface area contributed by atoms with Crippen molar-refractivity contribution in [1.82, 2.24) is 9.88 Å². The number of rotatable bonds is 4. The molecule has 2 aliphatic heterocycles. The topological polar surface area (TPSA) is 121 Å². The van der Waals surface area contributed by atoms with Crippen LogP contribution in [0.3, 0.4) is 0 Å². The van der Waals surface area contributed by atoms with E-state index in [1.165, 1.54) is 5.56 Å². The first kappa shape index (κ1) is 27.9. The first-order valence-electron chi connectivity index (χ1n) is 11.8. The normalized spacial score (nSPS) is 18.5. The standard InChI is InChI=1S/C23H28N4O3.C2HF3O2/c1-2-17-5-7-18(8-6-17)26-22(29)27-14-11-23(12-15-27)10-9-20(30-23)21(28)25-19-4-3-13-24-16-19;3-2(4,5)1(6)7/h3-8,13,16,20H,2,9-12,14-15H2,1H3,(H,25,28)(H,26,29);(H,6,7). The molecule has 3 heterocycles. The molecule has 37 heavy (non-hydrogen) atoms. The molecule has 2 aliphatic rings. The first-order valence-corrected chi connectivity index (χ1v) is 11.8. The number of aryl methyl sites for hydroxylation is 1. The number of hydrogen-bond donors (Lipinski definition) is 3. The van der Waals surface area contributed by atoms with Crippen LogP contribution in [0.2, 0.25) is 0 Å². The van der Waals surface area contributed by atoms with Gasteiger partial charge in [0.1, 0.15) is 6.10 Å². The SMILES string of the molecule is CCc1ccc(NC(=O)N2CCC3(CCC(C(=O)Nc4cccnc4)O3)CC2)cc1.O=C(O)C(F)(F)F. The maximum absolute atomic E-state index is 12.6. The van der Waals surface area contributed by atoms with Gasteiger partial charge in [-0.15, -0.1) is 0 Å². The Morgan fingerprint density at radius 3 is 2.27 bits per heavy atom. The van der Waals surface area contributed by atoms with Crippen LogP contribution in [0.4, 0.5) is 29.3 Å². The molecular weight excluding hydrogens is 493 g/mol. The zero-order chi connectivity index (χ0) is 27.1. The van der Waals surface area contributed by atoms with Gasteiger partial charge in [0.15, 0.2) is 0 Å². The summed E-state index contributed by atoms with van der Waals surface area (Å²) in [4.78, 5) is 39.9. The van der Waals surface area contributed by atoms with Gasteiger partial charge in [0.2, 0.25) is 0 Å². The molecule has 200 valence electrons. The molecule has 2 aromatic rings. The van der Waals surface area contributed by atoms with Crippen molar-refractivity contribution >= 4 is 29.3 Å². The number of halogens is 3. The summed E-state index contributed by atoms with van der Waals surface area (Å²) in [7, 11) is 0. The zero-order valence-electron chi connectivity index (χ0n) is 20.3. The number of pyridine rings is 1. The molecule has 0 aliphatic carbocycles. The number of likely N-dealkylation sites (tertiary alicyclic amines) is 1. The molecule has 2 saturated heterocycles. The van der Waals surface area contributed by atoms with Crippen LogP contribution in [0.5, 0.6) is 0 Å². The zero-order valence-corrected chi connectivity index (χ0v) is 20.3. The fourth-order valence-electron chi connectivity index (χ4n) is 4.17. The third kappa shape index (κ3) is 7.91. The lowest BCUT2D eigenvalue weighted by molar-refractivity contribution is -0.192. The highest BCUT2D eigenvalue weighted by Crippen LogP contribution is 2.39. The summed E-state index contributed by atoms with van der Waals surface area (Å²) in [5.41, 5.74) is 2.41. The predicted molar refractivity (Wildman–Crippen MR) is 129 cm³/mol. The predicted octanol–water partition coefficient (Wildman–Crippen LogP) is 4.46. The number of alkyl halides is 3. The van der Waals surface area contributed by atoms with Crippen molar-refractivity contribution in [1.29, 1.82) is 0 Å². The van der Waals surface area contributed by atoms with E-state index in [4.69, 9.17) is 14.6 Å². The molecule has 1 unspecified atom stereocenters. The van der Waals surface area contributed by atoms with E-state index in [9.17, 15) is 22.8 Å². The van der Waals surface area contributed by atoms with E-state index in [1.807, 2.05) is 35.2 Å². The molecule has 1 aromatic heterocycles. The lowest BCUT2D eigenvalue weighted by atomic mass is 9.88. The van der Waals surface area contributed by atoms with Gasteiger partial charge in [0.25, 0.3) is 5.91 Å². The molecule has 0 radical (unpaired) electrons. The Kier molecular flexibility index (Phi) is 9.09. The Balaban J connectivity index is 0.000000479. The average molecular weight is 523 g/mol. The van der Waals surface area contributed by atoms with Crippen LogP contribution in [0, 0.1) is 0 Å². The number of nitrogens with zero attached hydrogens (tertiary/aromatic N) is 2. The number of carboxylic acids is 1. The summed E-state index contributed by atoms with van der Waals surface area (Å²) in [5, 5.41) is 13.0. The largest absolute Gasteiger partial charge is 0.490 e. The van der Waals surface area contributed by atoms with E-state index < -0.39 is 18.2 Å².